The van der Waals surface area contributed by atoms with Crippen molar-refractivity contribution in [2.24, 2.45) is 5.73 Å². The zero-order valence-electron chi connectivity index (χ0n) is 21.2. The molecule has 0 amide bonds. The van der Waals surface area contributed by atoms with Crippen molar-refractivity contribution in [3.63, 3.8) is 0 Å². The van der Waals surface area contributed by atoms with Crippen LogP contribution in [0.2, 0.25) is 0 Å². The van der Waals surface area contributed by atoms with Gasteiger partial charge in [-0.3, -0.25) is 9.78 Å². The van der Waals surface area contributed by atoms with E-state index in [4.69, 9.17) is 24.4 Å². The van der Waals surface area contributed by atoms with Crippen LogP contribution in [0.3, 0.4) is 0 Å². The summed E-state index contributed by atoms with van der Waals surface area (Å²) in [6.45, 7) is 1.68. The molecule has 206 valence electrons. The van der Waals surface area contributed by atoms with Gasteiger partial charge in [0.2, 0.25) is 5.76 Å². The molecule has 0 saturated carbocycles. The number of nitrogens with two attached hydrogens (primary N) is 1. The van der Waals surface area contributed by atoms with Gasteiger partial charge in [0.15, 0.2) is 5.82 Å². The molecule has 1 unspecified atom stereocenters. The largest absolute Gasteiger partial charge is 0.489 e. The number of para-hydroxylation sites is 1. The van der Waals surface area contributed by atoms with Gasteiger partial charge in [0.1, 0.15) is 24.0 Å². The summed E-state index contributed by atoms with van der Waals surface area (Å²) in [6.07, 6.45) is -3.90. The number of carbonyl (C=O) groups is 1. The molecule has 0 aliphatic carbocycles. The monoisotopic (exact) mass is 546 g/mol. The van der Waals surface area contributed by atoms with Gasteiger partial charge >= 0.3 is 12.1 Å². The fourth-order valence-electron chi connectivity index (χ4n) is 4.12. The number of hydrogen-bond donors (Lipinski definition) is 1. The molecule has 0 aliphatic rings. The maximum Gasteiger partial charge on any atom is 0.449 e. The first-order chi connectivity index (χ1) is 18.6. The zero-order chi connectivity index (χ0) is 28.2. The summed E-state index contributed by atoms with van der Waals surface area (Å²) in [5.41, 5.74) is 6.50. The highest BCUT2D eigenvalue weighted by atomic mass is 19.4. The first-order valence-electron chi connectivity index (χ1n) is 12.0. The van der Waals surface area contributed by atoms with E-state index in [1.165, 1.54) is 31.5 Å². The van der Waals surface area contributed by atoms with E-state index in [9.17, 15) is 18.0 Å². The number of halogens is 4. The molecule has 0 saturated heterocycles. The number of aromatic nitrogens is 1. The lowest BCUT2D eigenvalue weighted by Gasteiger charge is -2.15. The van der Waals surface area contributed by atoms with E-state index < -0.39 is 29.8 Å². The van der Waals surface area contributed by atoms with Crippen molar-refractivity contribution in [3.8, 4) is 16.9 Å². The highest BCUT2D eigenvalue weighted by Crippen LogP contribution is 2.39. The van der Waals surface area contributed by atoms with Gasteiger partial charge in [-0.25, -0.2) is 4.39 Å². The Bertz CT molecular complexity index is 1470. The van der Waals surface area contributed by atoms with E-state index in [2.05, 4.69) is 4.98 Å². The molecule has 0 bridgehead atoms. The number of benzene rings is 2. The van der Waals surface area contributed by atoms with Gasteiger partial charge in [0.05, 0.1) is 18.7 Å². The lowest BCUT2D eigenvalue weighted by atomic mass is 10.00. The summed E-state index contributed by atoms with van der Waals surface area (Å²) in [5.74, 6) is -2.05. The predicted molar refractivity (Wildman–Crippen MR) is 134 cm³/mol. The van der Waals surface area contributed by atoms with Gasteiger partial charge in [-0.05, 0) is 42.8 Å². The molecule has 2 aromatic heterocycles. The van der Waals surface area contributed by atoms with E-state index in [0.717, 1.165) is 6.07 Å². The molecule has 7 nitrogen and oxygen atoms in total. The Hall–Kier alpha value is -3.96. The van der Waals surface area contributed by atoms with Crippen molar-refractivity contribution >= 4 is 16.9 Å². The number of methoxy groups -OCH3 is 1. The van der Waals surface area contributed by atoms with Crippen LogP contribution in [0.25, 0.3) is 22.1 Å². The van der Waals surface area contributed by atoms with Gasteiger partial charge in [-0.2, -0.15) is 13.2 Å². The average Bonchev–Trinajstić information content (AvgIpc) is 3.33. The predicted octanol–water partition coefficient (Wildman–Crippen LogP) is 5.81. The lowest BCUT2D eigenvalue weighted by Crippen LogP contribution is -2.21. The Balaban J connectivity index is 1.66. The average molecular weight is 547 g/mol. The van der Waals surface area contributed by atoms with Crippen LogP contribution in [0.5, 0.6) is 5.75 Å². The third-order valence-corrected chi connectivity index (χ3v) is 5.84. The second-order valence-corrected chi connectivity index (χ2v) is 8.82. The molecule has 2 N–H and O–H groups in total. The summed E-state index contributed by atoms with van der Waals surface area (Å²) >= 11 is 0. The summed E-state index contributed by atoms with van der Waals surface area (Å²) in [6, 6.07) is 12.0. The summed E-state index contributed by atoms with van der Waals surface area (Å²) < 4.78 is 76.8. The number of nitrogens with zero attached hydrogens (tertiary/aromatic N) is 1. The molecular formula is C28H26F4N2O5. The normalized spacial score (nSPS) is 12.5. The first kappa shape index (κ1) is 28.1. The van der Waals surface area contributed by atoms with E-state index in [1.807, 2.05) is 0 Å². The Morgan fingerprint density at radius 1 is 1.13 bits per heavy atom. The van der Waals surface area contributed by atoms with Crippen molar-refractivity contribution in [1.82, 2.24) is 4.98 Å². The molecule has 1 atom stereocenters. The van der Waals surface area contributed by atoms with Gasteiger partial charge in [0, 0.05) is 41.9 Å². The van der Waals surface area contributed by atoms with Crippen molar-refractivity contribution in [2.45, 2.75) is 38.8 Å². The summed E-state index contributed by atoms with van der Waals surface area (Å²) in [4.78, 5) is 16.2. The van der Waals surface area contributed by atoms with Crippen molar-refractivity contribution in [3.05, 3.63) is 83.1 Å². The molecule has 0 fully saturated rings. The summed E-state index contributed by atoms with van der Waals surface area (Å²) in [7, 11) is 1.50. The highest BCUT2D eigenvalue weighted by molar-refractivity contribution is 5.94. The highest BCUT2D eigenvalue weighted by Gasteiger charge is 2.35. The minimum absolute atomic E-state index is 0.00583. The van der Waals surface area contributed by atoms with Gasteiger partial charge < -0.3 is 24.4 Å². The lowest BCUT2D eigenvalue weighted by molar-refractivity contribution is -0.152. The van der Waals surface area contributed by atoms with Gasteiger partial charge in [0.25, 0.3) is 0 Å². The van der Waals surface area contributed by atoms with Crippen LogP contribution in [0.1, 0.15) is 29.5 Å². The number of carbonyl (C=O) groups excluding carboxylic acids is 1. The van der Waals surface area contributed by atoms with E-state index in [0.29, 0.717) is 16.9 Å². The topological polar surface area (TPSA) is 96.8 Å². The quantitative estimate of drug-likeness (QED) is 0.198. The number of pyridine rings is 1. The van der Waals surface area contributed by atoms with Crippen LogP contribution in [-0.4, -0.2) is 30.8 Å². The van der Waals surface area contributed by atoms with E-state index in [1.54, 1.807) is 31.2 Å². The third kappa shape index (κ3) is 6.55. The fourth-order valence-corrected chi connectivity index (χ4v) is 4.12. The zero-order valence-corrected chi connectivity index (χ0v) is 21.2. The Morgan fingerprint density at radius 3 is 2.62 bits per heavy atom. The molecule has 4 aromatic rings. The molecule has 0 spiro atoms. The standard InChI is InChI=1S/C28H26F4N2O5/c1-16(14-36-2)38-25(35)12-18-5-3-4-6-23(18)37-15-17-9-19-11-24(28(30,31)32)39-27(19)21(10-17)20-7-8-34-22(13-33)26(20)29/h3-11,16H,12-15,33H2,1-2H3. The van der Waals surface area contributed by atoms with Crippen LogP contribution in [0.15, 0.2) is 59.1 Å². The maximum absolute atomic E-state index is 15.1. The SMILES string of the molecule is COCC(C)OC(=O)Cc1ccccc1OCc1cc(-c2ccnc(CN)c2F)c2oc(C(F)(F)F)cc2c1. The van der Waals surface area contributed by atoms with Crippen molar-refractivity contribution in [1.29, 1.82) is 0 Å². The second kappa shape index (κ2) is 11.8. The molecule has 39 heavy (non-hydrogen) atoms. The molecule has 2 aromatic carbocycles. The molecule has 11 heteroatoms. The van der Waals surface area contributed by atoms with Crippen molar-refractivity contribution in [2.75, 3.05) is 13.7 Å². The van der Waals surface area contributed by atoms with E-state index in [-0.39, 0.29) is 54.0 Å². The van der Waals surface area contributed by atoms with Crippen LogP contribution >= 0.6 is 0 Å². The number of esters is 1. The Labute approximate surface area is 221 Å². The number of alkyl halides is 3. The molecule has 0 radical (unpaired) electrons. The number of hydrogen-bond acceptors (Lipinski definition) is 7. The van der Waals surface area contributed by atoms with Crippen LogP contribution < -0.4 is 10.5 Å². The number of ether oxygens (including phenoxy) is 3. The van der Waals surface area contributed by atoms with Gasteiger partial charge in [-0.15, -0.1) is 0 Å². The minimum Gasteiger partial charge on any atom is -0.489 e. The first-order valence-corrected chi connectivity index (χ1v) is 12.0. The van der Waals surface area contributed by atoms with Crippen LogP contribution in [0, 0.1) is 5.82 Å². The van der Waals surface area contributed by atoms with Crippen LogP contribution in [0.4, 0.5) is 17.6 Å². The smallest absolute Gasteiger partial charge is 0.449 e. The Kier molecular flexibility index (Phi) is 8.51. The molecule has 0 aliphatic heterocycles. The molecule has 4 rings (SSSR count). The molecular weight excluding hydrogens is 520 g/mol. The van der Waals surface area contributed by atoms with Gasteiger partial charge in [-0.1, -0.05) is 18.2 Å². The minimum atomic E-state index is -4.74. The second-order valence-electron chi connectivity index (χ2n) is 8.82. The molecule has 2 heterocycles. The van der Waals surface area contributed by atoms with Crippen molar-refractivity contribution < 1.29 is 41.0 Å². The number of furan rings is 1. The fraction of sp³-hybridized carbons (Fsp3) is 0.286. The summed E-state index contributed by atoms with van der Waals surface area (Å²) in [5, 5.41) is 0.118. The number of fused-ring (bicyclic) bond motifs is 1. The van der Waals surface area contributed by atoms with E-state index >= 15 is 4.39 Å². The maximum atomic E-state index is 15.1. The number of rotatable bonds is 10. The third-order valence-electron chi connectivity index (χ3n) is 5.84. The van der Waals surface area contributed by atoms with Crippen LogP contribution in [-0.2, 0) is 40.0 Å². The Morgan fingerprint density at radius 2 is 1.90 bits per heavy atom.